The number of pyridine rings is 2. The second kappa shape index (κ2) is 12.4. The molecule has 2 aromatic heterocycles. The molecule has 6 rings (SSSR count). The summed E-state index contributed by atoms with van der Waals surface area (Å²) in [5.74, 6) is 0.674. The van der Waals surface area contributed by atoms with E-state index in [2.05, 4.69) is 9.97 Å². The van der Waals surface area contributed by atoms with Gasteiger partial charge in [0.2, 0.25) is 0 Å². The minimum atomic E-state index is -0.101. The average Bonchev–Trinajstić information content (AvgIpc) is 2.97. The molecule has 0 saturated heterocycles. The van der Waals surface area contributed by atoms with Crippen molar-refractivity contribution < 1.29 is 9.84 Å². The van der Waals surface area contributed by atoms with Crippen molar-refractivity contribution in [3.05, 3.63) is 123 Å². The molecule has 0 saturated carbocycles. The Kier molecular flexibility index (Phi) is 8.75. The SMILES string of the molecule is COc1cc2cccc(Cl)c2nc1-c1ccccc1Cl.OCc1cc2cccc(Cl)c2nc1-c1ccccc1Cl. The van der Waals surface area contributed by atoms with E-state index in [0.717, 1.165) is 33.0 Å². The number of halogens is 4. The number of nitrogens with zero attached hydrogens (tertiary/aromatic N) is 2. The van der Waals surface area contributed by atoms with Crippen LogP contribution >= 0.6 is 46.4 Å². The number of methoxy groups -OCH3 is 1. The van der Waals surface area contributed by atoms with Gasteiger partial charge in [-0.25, -0.2) is 9.97 Å². The Balaban J connectivity index is 0.000000161. The van der Waals surface area contributed by atoms with Crippen LogP contribution < -0.4 is 4.74 Å². The number of aliphatic hydroxyl groups is 1. The second-order valence-electron chi connectivity index (χ2n) is 8.78. The lowest BCUT2D eigenvalue weighted by atomic mass is 10.0. The molecule has 0 aliphatic carbocycles. The molecule has 0 radical (unpaired) electrons. The summed E-state index contributed by atoms with van der Waals surface area (Å²) in [7, 11) is 1.62. The van der Waals surface area contributed by atoms with Crippen molar-refractivity contribution in [1.29, 1.82) is 0 Å². The summed E-state index contributed by atoms with van der Waals surface area (Å²) >= 11 is 24.9. The number of aliphatic hydroxyl groups excluding tert-OH is 1. The van der Waals surface area contributed by atoms with Gasteiger partial charge >= 0.3 is 0 Å². The molecule has 200 valence electrons. The largest absolute Gasteiger partial charge is 0.494 e. The van der Waals surface area contributed by atoms with Crippen LogP contribution in [0.5, 0.6) is 5.75 Å². The first-order valence-corrected chi connectivity index (χ1v) is 13.7. The molecule has 0 unspecified atom stereocenters. The van der Waals surface area contributed by atoms with Crippen molar-refractivity contribution in [1.82, 2.24) is 9.97 Å². The van der Waals surface area contributed by atoms with Gasteiger partial charge in [-0.2, -0.15) is 0 Å². The van der Waals surface area contributed by atoms with Crippen LogP contribution in [0.25, 0.3) is 44.3 Å². The van der Waals surface area contributed by atoms with Crippen LogP contribution in [0.4, 0.5) is 0 Å². The zero-order valence-corrected chi connectivity index (χ0v) is 24.2. The minimum Gasteiger partial charge on any atom is -0.494 e. The maximum absolute atomic E-state index is 9.58. The molecule has 0 bridgehead atoms. The number of hydrogen-bond donors (Lipinski definition) is 1. The standard InChI is InChI=1S/2C16H11Cl2NO/c1-20-14-9-10-5-4-8-13(18)15(10)19-16(14)11-6-2-3-7-12(11)17;17-13-6-2-1-5-12(13)15-11(9-20)8-10-4-3-7-14(18)16(10)19-15/h2-9H,1H3;1-8,20H,9H2. The lowest BCUT2D eigenvalue weighted by Crippen LogP contribution is -1.95. The molecule has 6 aromatic rings. The van der Waals surface area contributed by atoms with Crippen molar-refractivity contribution in [2.24, 2.45) is 0 Å². The van der Waals surface area contributed by atoms with Crippen LogP contribution in [-0.4, -0.2) is 22.2 Å². The zero-order valence-electron chi connectivity index (χ0n) is 21.2. The number of hydrogen-bond acceptors (Lipinski definition) is 4. The van der Waals surface area contributed by atoms with E-state index in [9.17, 15) is 5.11 Å². The number of benzene rings is 4. The number of fused-ring (bicyclic) bond motifs is 2. The molecule has 2 heterocycles. The Hall–Kier alpha value is -3.38. The Morgan fingerprint density at radius 2 is 1.07 bits per heavy atom. The lowest BCUT2D eigenvalue weighted by Gasteiger charge is -2.11. The maximum Gasteiger partial charge on any atom is 0.145 e. The van der Waals surface area contributed by atoms with Gasteiger partial charge in [-0.3, -0.25) is 0 Å². The lowest BCUT2D eigenvalue weighted by molar-refractivity contribution is 0.282. The summed E-state index contributed by atoms with van der Waals surface area (Å²) in [6.45, 7) is -0.101. The molecule has 0 amide bonds. The van der Waals surface area contributed by atoms with E-state index in [-0.39, 0.29) is 6.61 Å². The highest BCUT2D eigenvalue weighted by Gasteiger charge is 2.14. The predicted octanol–water partition coefficient (Wildman–Crippen LogP) is 9.92. The Morgan fingerprint density at radius 1 is 0.600 bits per heavy atom. The van der Waals surface area contributed by atoms with E-state index >= 15 is 0 Å². The van der Waals surface area contributed by atoms with Crippen molar-refractivity contribution >= 4 is 68.2 Å². The first-order valence-electron chi connectivity index (χ1n) is 12.2. The van der Waals surface area contributed by atoms with Crippen LogP contribution in [0.2, 0.25) is 20.1 Å². The van der Waals surface area contributed by atoms with E-state index < -0.39 is 0 Å². The number of ether oxygens (including phenoxy) is 1. The fourth-order valence-electron chi connectivity index (χ4n) is 4.36. The summed E-state index contributed by atoms with van der Waals surface area (Å²) in [5, 5.41) is 13.8. The summed E-state index contributed by atoms with van der Waals surface area (Å²) in [4.78, 5) is 9.24. The Morgan fingerprint density at radius 3 is 1.60 bits per heavy atom. The number of rotatable bonds is 4. The third kappa shape index (κ3) is 5.73. The highest BCUT2D eigenvalue weighted by Crippen LogP contribution is 2.37. The van der Waals surface area contributed by atoms with Crippen molar-refractivity contribution in [3.8, 4) is 28.3 Å². The zero-order chi connectivity index (χ0) is 28.2. The van der Waals surface area contributed by atoms with E-state index in [1.165, 1.54) is 0 Å². The molecular weight excluding hydrogens is 586 g/mol. The Bertz CT molecular complexity index is 1710. The number of aromatic nitrogens is 2. The smallest absolute Gasteiger partial charge is 0.145 e. The monoisotopic (exact) mass is 606 g/mol. The molecule has 4 nitrogen and oxygen atoms in total. The highest BCUT2D eigenvalue weighted by atomic mass is 35.5. The summed E-state index contributed by atoms with van der Waals surface area (Å²) in [6.07, 6.45) is 0. The van der Waals surface area contributed by atoms with Gasteiger partial charge in [0.25, 0.3) is 0 Å². The molecule has 0 fully saturated rings. The van der Waals surface area contributed by atoms with Gasteiger partial charge < -0.3 is 9.84 Å². The van der Waals surface area contributed by atoms with Gasteiger partial charge in [0.05, 0.1) is 45.5 Å². The minimum absolute atomic E-state index is 0.101. The summed E-state index contributed by atoms with van der Waals surface area (Å²) in [6, 6.07) is 30.0. The first-order chi connectivity index (χ1) is 19.4. The van der Waals surface area contributed by atoms with E-state index in [1.807, 2.05) is 84.9 Å². The van der Waals surface area contributed by atoms with Gasteiger partial charge in [-0.15, -0.1) is 0 Å². The molecule has 40 heavy (non-hydrogen) atoms. The fourth-order valence-corrected chi connectivity index (χ4v) is 5.26. The van der Waals surface area contributed by atoms with E-state index in [1.54, 1.807) is 19.2 Å². The van der Waals surface area contributed by atoms with Crippen LogP contribution in [0.1, 0.15) is 5.56 Å². The molecule has 0 atom stereocenters. The fraction of sp³-hybridized carbons (Fsp3) is 0.0625. The first kappa shape index (κ1) is 28.2. The highest BCUT2D eigenvalue weighted by molar-refractivity contribution is 6.36. The van der Waals surface area contributed by atoms with Crippen LogP contribution in [0.3, 0.4) is 0 Å². The average molecular weight is 608 g/mol. The molecule has 0 spiro atoms. The van der Waals surface area contributed by atoms with Crippen LogP contribution in [0.15, 0.2) is 97.1 Å². The van der Waals surface area contributed by atoms with Gasteiger partial charge in [0, 0.05) is 32.5 Å². The molecule has 0 aliphatic rings. The van der Waals surface area contributed by atoms with Crippen molar-refractivity contribution in [2.45, 2.75) is 6.61 Å². The van der Waals surface area contributed by atoms with Gasteiger partial charge in [0.1, 0.15) is 11.4 Å². The predicted molar refractivity (Wildman–Crippen MR) is 167 cm³/mol. The second-order valence-corrected chi connectivity index (χ2v) is 10.4. The van der Waals surface area contributed by atoms with Gasteiger partial charge in [-0.1, -0.05) is 107 Å². The topological polar surface area (TPSA) is 55.2 Å². The quantitative estimate of drug-likeness (QED) is 0.217. The molecule has 4 aromatic carbocycles. The van der Waals surface area contributed by atoms with E-state index in [4.69, 9.17) is 51.1 Å². The van der Waals surface area contributed by atoms with Crippen LogP contribution in [-0.2, 0) is 6.61 Å². The number of para-hydroxylation sites is 2. The molecular formula is C32H22Cl4N2O2. The summed E-state index contributed by atoms with van der Waals surface area (Å²) < 4.78 is 5.44. The summed E-state index contributed by atoms with van der Waals surface area (Å²) in [5.41, 5.74) is 5.16. The van der Waals surface area contributed by atoms with E-state index in [0.29, 0.717) is 42.7 Å². The third-order valence-electron chi connectivity index (χ3n) is 6.29. The Labute approximate surface area is 251 Å². The van der Waals surface area contributed by atoms with Crippen molar-refractivity contribution in [3.63, 3.8) is 0 Å². The normalized spacial score (nSPS) is 10.8. The van der Waals surface area contributed by atoms with Crippen molar-refractivity contribution in [2.75, 3.05) is 7.11 Å². The third-order valence-corrected chi connectivity index (χ3v) is 7.55. The van der Waals surface area contributed by atoms with Gasteiger partial charge in [0.15, 0.2) is 0 Å². The maximum atomic E-state index is 9.58. The molecule has 0 aliphatic heterocycles. The molecule has 1 N–H and O–H groups in total. The molecule has 8 heteroatoms. The van der Waals surface area contributed by atoms with Gasteiger partial charge in [-0.05, 0) is 36.4 Å². The van der Waals surface area contributed by atoms with Crippen LogP contribution in [0, 0.1) is 0 Å².